The van der Waals surface area contributed by atoms with Gasteiger partial charge in [0.2, 0.25) is 5.91 Å². The summed E-state index contributed by atoms with van der Waals surface area (Å²) in [6, 6.07) is 9.31. The maximum atomic E-state index is 12.4. The van der Waals surface area contributed by atoms with Gasteiger partial charge >= 0.3 is 0 Å². The maximum Gasteiger partial charge on any atom is 0.247 e. The second-order valence-electron chi connectivity index (χ2n) is 6.04. The summed E-state index contributed by atoms with van der Waals surface area (Å²) in [7, 11) is 0. The van der Waals surface area contributed by atoms with Crippen molar-refractivity contribution < 1.29 is 9.21 Å². The number of anilines is 1. The SMILES string of the molecule is Cc1ccnc(NC(=O)Cn2nc(C)c3c(-c4ccco4)ccnc32)c1. The Bertz CT molecular complexity index is 1080. The molecule has 0 aromatic carbocycles. The molecule has 0 spiro atoms. The lowest BCUT2D eigenvalue weighted by Gasteiger charge is -2.06. The first-order chi connectivity index (χ1) is 12.6. The van der Waals surface area contributed by atoms with Crippen LogP contribution in [0.25, 0.3) is 22.4 Å². The Labute approximate surface area is 149 Å². The largest absolute Gasteiger partial charge is 0.464 e. The number of hydrogen-bond donors (Lipinski definition) is 1. The molecule has 4 aromatic rings. The van der Waals surface area contributed by atoms with Crippen molar-refractivity contribution in [2.24, 2.45) is 0 Å². The molecule has 4 rings (SSSR count). The van der Waals surface area contributed by atoms with Crippen LogP contribution >= 0.6 is 0 Å². The molecule has 0 radical (unpaired) electrons. The van der Waals surface area contributed by atoms with Crippen LogP contribution in [0.3, 0.4) is 0 Å². The minimum absolute atomic E-state index is 0.0502. The minimum atomic E-state index is -0.210. The summed E-state index contributed by atoms with van der Waals surface area (Å²) < 4.78 is 7.11. The molecule has 4 aromatic heterocycles. The van der Waals surface area contributed by atoms with E-state index in [4.69, 9.17) is 4.42 Å². The molecule has 0 unspecified atom stereocenters. The van der Waals surface area contributed by atoms with Gasteiger partial charge in [0, 0.05) is 18.0 Å². The molecule has 4 heterocycles. The molecule has 0 atom stereocenters. The first-order valence-corrected chi connectivity index (χ1v) is 8.20. The van der Waals surface area contributed by atoms with Crippen LogP contribution in [0.1, 0.15) is 11.3 Å². The highest BCUT2D eigenvalue weighted by Crippen LogP contribution is 2.29. The normalized spacial score (nSPS) is 11.0. The standard InChI is InChI=1S/C19H17N5O2/c1-12-5-7-20-16(10-12)22-17(25)11-24-19-18(13(2)23-24)14(6-8-21-19)15-4-3-9-26-15/h3-10H,11H2,1-2H3,(H,20,22,25). The van der Waals surface area contributed by atoms with Gasteiger partial charge in [-0.1, -0.05) is 0 Å². The van der Waals surface area contributed by atoms with Crippen molar-refractivity contribution in [3.63, 3.8) is 0 Å². The fourth-order valence-corrected chi connectivity index (χ4v) is 2.95. The fraction of sp³-hybridized carbons (Fsp3) is 0.158. The van der Waals surface area contributed by atoms with Gasteiger partial charge in [-0.2, -0.15) is 5.10 Å². The summed E-state index contributed by atoms with van der Waals surface area (Å²) in [5.74, 6) is 1.05. The first-order valence-electron chi connectivity index (χ1n) is 8.20. The number of furan rings is 1. The van der Waals surface area contributed by atoms with Crippen LogP contribution < -0.4 is 5.32 Å². The Balaban J connectivity index is 1.65. The number of fused-ring (bicyclic) bond motifs is 1. The lowest BCUT2D eigenvalue weighted by Crippen LogP contribution is -2.20. The van der Waals surface area contributed by atoms with Gasteiger partial charge in [0.1, 0.15) is 18.1 Å². The van der Waals surface area contributed by atoms with E-state index >= 15 is 0 Å². The van der Waals surface area contributed by atoms with Gasteiger partial charge < -0.3 is 9.73 Å². The van der Waals surface area contributed by atoms with Gasteiger partial charge in [0.25, 0.3) is 0 Å². The molecule has 0 saturated carbocycles. The van der Waals surface area contributed by atoms with Crippen LogP contribution in [-0.4, -0.2) is 25.7 Å². The number of pyridine rings is 2. The number of amides is 1. The summed E-state index contributed by atoms with van der Waals surface area (Å²) in [4.78, 5) is 21.0. The molecule has 1 amide bonds. The zero-order valence-corrected chi connectivity index (χ0v) is 14.4. The van der Waals surface area contributed by atoms with Crippen LogP contribution in [-0.2, 0) is 11.3 Å². The van der Waals surface area contributed by atoms with Crippen LogP contribution in [0.5, 0.6) is 0 Å². The average Bonchev–Trinajstić information content (AvgIpc) is 3.24. The monoisotopic (exact) mass is 347 g/mol. The summed E-state index contributed by atoms with van der Waals surface area (Å²) in [6.45, 7) is 3.89. The van der Waals surface area contributed by atoms with E-state index in [0.717, 1.165) is 28.0 Å². The Morgan fingerprint density at radius 2 is 2.04 bits per heavy atom. The van der Waals surface area contributed by atoms with E-state index in [1.165, 1.54) is 0 Å². The van der Waals surface area contributed by atoms with Crippen molar-refractivity contribution in [2.75, 3.05) is 5.32 Å². The molecule has 0 aliphatic carbocycles. The van der Waals surface area contributed by atoms with Crippen molar-refractivity contribution in [1.82, 2.24) is 19.7 Å². The van der Waals surface area contributed by atoms with Crippen molar-refractivity contribution in [3.05, 3.63) is 60.2 Å². The van der Waals surface area contributed by atoms with Crippen LogP contribution in [0.2, 0.25) is 0 Å². The van der Waals surface area contributed by atoms with Crippen molar-refractivity contribution in [1.29, 1.82) is 0 Å². The molecule has 0 aliphatic heterocycles. The number of nitrogens with zero attached hydrogens (tertiary/aromatic N) is 4. The molecule has 0 bridgehead atoms. The van der Waals surface area contributed by atoms with Gasteiger partial charge in [-0.15, -0.1) is 0 Å². The number of aromatic nitrogens is 4. The summed E-state index contributed by atoms with van der Waals surface area (Å²) >= 11 is 0. The second-order valence-corrected chi connectivity index (χ2v) is 6.04. The molecule has 26 heavy (non-hydrogen) atoms. The Hall–Kier alpha value is -3.48. The van der Waals surface area contributed by atoms with Crippen molar-refractivity contribution in [2.45, 2.75) is 20.4 Å². The van der Waals surface area contributed by atoms with Gasteiger partial charge in [0.15, 0.2) is 5.65 Å². The van der Waals surface area contributed by atoms with Gasteiger partial charge in [-0.3, -0.25) is 4.79 Å². The lowest BCUT2D eigenvalue weighted by atomic mass is 10.1. The predicted octanol–water partition coefficient (Wildman–Crippen LogP) is 3.34. The van der Waals surface area contributed by atoms with E-state index in [1.807, 2.05) is 44.2 Å². The minimum Gasteiger partial charge on any atom is -0.464 e. The molecule has 7 heteroatoms. The third-order valence-corrected chi connectivity index (χ3v) is 4.07. The summed E-state index contributed by atoms with van der Waals surface area (Å²) in [5.41, 5.74) is 3.37. The predicted molar refractivity (Wildman–Crippen MR) is 97.6 cm³/mol. The highest BCUT2D eigenvalue weighted by molar-refractivity contribution is 5.95. The number of hydrogen-bond acceptors (Lipinski definition) is 5. The van der Waals surface area contributed by atoms with E-state index in [9.17, 15) is 4.79 Å². The highest BCUT2D eigenvalue weighted by atomic mass is 16.3. The maximum absolute atomic E-state index is 12.4. The summed E-state index contributed by atoms with van der Waals surface area (Å²) in [6.07, 6.45) is 4.98. The Morgan fingerprint density at radius 3 is 2.81 bits per heavy atom. The molecular weight excluding hydrogens is 330 g/mol. The third kappa shape index (κ3) is 2.95. The number of carbonyl (C=O) groups excluding carboxylic acids is 1. The summed E-state index contributed by atoms with van der Waals surface area (Å²) in [5, 5.41) is 8.16. The topological polar surface area (TPSA) is 85.8 Å². The first kappa shape index (κ1) is 16.0. The molecule has 0 saturated heterocycles. The van der Waals surface area contributed by atoms with Crippen LogP contribution in [0.4, 0.5) is 5.82 Å². The zero-order valence-electron chi connectivity index (χ0n) is 14.4. The van der Waals surface area contributed by atoms with Crippen molar-refractivity contribution in [3.8, 4) is 11.3 Å². The Morgan fingerprint density at radius 1 is 1.19 bits per heavy atom. The van der Waals surface area contributed by atoms with Gasteiger partial charge in [-0.05, 0) is 49.7 Å². The van der Waals surface area contributed by atoms with E-state index in [-0.39, 0.29) is 12.5 Å². The quantitative estimate of drug-likeness (QED) is 0.612. The highest BCUT2D eigenvalue weighted by Gasteiger charge is 2.17. The zero-order chi connectivity index (χ0) is 18.1. The number of carbonyl (C=O) groups is 1. The molecule has 0 fully saturated rings. The second kappa shape index (κ2) is 6.44. The van der Waals surface area contributed by atoms with E-state index in [2.05, 4.69) is 20.4 Å². The smallest absolute Gasteiger partial charge is 0.247 e. The lowest BCUT2D eigenvalue weighted by molar-refractivity contribution is -0.116. The fourth-order valence-electron chi connectivity index (χ4n) is 2.95. The van der Waals surface area contributed by atoms with Gasteiger partial charge in [0.05, 0.1) is 17.3 Å². The van der Waals surface area contributed by atoms with Crippen LogP contribution in [0, 0.1) is 13.8 Å². The molecule has 130 valence electrons. The van der Waals surface area contributed by atoms with Gasteiger partial charge in [-0.25, -0.2) is 14.6 Å². The van der Waals surface area contributed by atoms with E-state index < -0.39 is 0 Å². The number of rotatable bonds is 4. The number of aryl methyl sites for hydroxylation is 2. The molecular formula is C19H17N5O2. The van der Waals surface area contributed by atoms with Crippen LogP contribution in [0.15, 0.2) is 53.4 Å². The van der Waals surface area contributed by atoms with Crippen molar-refractivity contribution >= 4 is 22.8 Å². The Kier molecular flexibility index (Phi) is 3.96. The molecule has 7 nitrogen and oxygen atoms in total. The number of nitrogens with one attached hydrogen (secondary N) is 1. The van der Waals surface area contributed by atoms with E-state index in [1.54, 1.807) is 23.3 Å². The average molecular weight is 347 g/mol. The molecule has 0 aliphatic rings. The molecule has 1 N–H and O–H groups in total. The van der Waals surface area contributed by atoms with E-state index in [0.29, 0.717) is 11.5 Å². The third-order valence-electron chi connectivity index (χ3n) is 4.07.